The molecule has 5 unspecified atom stereocenters. The maximum atomic E-state index is 13.9. The first-order valence-corrected chi connectivity index (χ1v) is 14.4. The molecule has 0 amide bonds. The largest absolute Gasteiger partial charge is 0.393 e. The Kier molecular flexibility index (Phi) is 5.83. The second-order valence-electron chi connectivity index (χ2n) is 12.2. The molecule has 3 saturated carbocycles. The Labute approximate surface area is 222 Å². The molecule has 1 aromatic carbocycles. The van der Waals surface area contributed by atoms with Crippen molar-refractivity contribution in [3.63, 3.8) is 0 Å². The van der Waals surface area contributed by atoms with Crippen molar-refractivity contribution in [2.24, 2.45) is 34.5 Å². The minimum Gasteiger partial charge on any atom is -0.393 e. The van der Waals surface area contributed by atoms with Crippen molar-refractivity contribution in [1.82, 2.24) is 4.98 Å². The van der Waals surface area contributed by atoms with Crippen molar-refractivity contribution in [3.05, 3.63) is 60.3 Å². The van der Waals surface area contributed by atoms with Crippen LogP contribution in [0, 0.1) is 34.5 Å². The molecule has 8 atom stereocenters. The van der Waals surface area contributed by atoms with Gasteiger partial charge in [-0.2, -0.15) is 0 Å². The fraction of sp³-hybridized carbons (Fsp3) is 0.516. The molecule has 1 aromatic heterocycles. The van der Waals surface area contributed by atoms with Gasteiger partial charge in [0.15, 0.2) is 11.6 Å². The SMILES string of the molecule is C[C@@H]1CC2C3CCC4=CC(=O)C=CC4(C)C3[C@@H](O)CC2(C)[C@@]1(O)C(=O)CSc1cccc2cccnc12. The van der Waals surface area contributed by atoms with Gasteiger partial charge in [0.2, 0.25) is 0 Å². The molecule has 4 aliphatic rings. The van der Waals surface area contributed by atoms with Crippen LogP contribution < -0.4 is 0 Å². The van der Waals surface area contributed by atoms with E-state index in [2.05, 4.69) is 11.9 Å². The maximum absolute atomic E-state index is 13.9. The number of hydrogen-bond donors (Lipinski definition) is 2. The van der Waals surface area contributed by atoms with E-state index in [-0.39, 0.29) is 46.4 Å². The van der Waals surface area contributed by atoms with Gasteiger partial charge in [-0.05, 0) is 67.7 Å². The predicted molar refractivity (Wildman–Crippen MR) is 145 cm³/mol. The van der Waals surface area contributed by atoms with Gasteiger partial charge in [0.05, 0.1) is 17.4 Å². The molecule has 0 bridgehead atoms. The molecule has 0 radical (unpaired) electrons. The molecular formula is C31H35NO4S. The fourth-order valence-corrected chi connectivity index (χ4v) is 9.69. The third-order valence-corrected chi connectivity index (χ3v) is 11.5. The molecule has 5 nitrogen and oxygen atoms in total. The number of hydrogen-bond acceptors (Lipinski definition) is 6. The summed E-state index contributed by atoms with van der Waals surface area (Å²) in [5.74, 6) is 0.148. The summed E-state index contributed by atoms with van der Waals surface area (Å²) in [6, 6.07) is 9.87. The second-order valence-corrected chi connectivity index (χ2v) is 13.2. The van der Waals surface area contributed by atoms with Crippen molar-refractivity contribution in [1.29, 1.82) is 0 Å². The number of aromatic nitrogens is 1. The monoisotopic (exact) mass is 517 g/mol. The molecule has 0 saturated heterocycles. The minimum absolute atomic E-state index is 0.0179. The van der Waals surface area contributed by atoms with Crippen molar-refractivity contribution < 1.29 is 19.8 Å². The third-order valence-electron chi connectivity index (χ3n) is 10.5. The number of aliphatic hydroxyl groups excluding tert-OH is 1. The zero-order valence-corrected chi connectivity index (χ0v) is 22.5. The Bertz CT molecular complexity index is 1350. The summed E-state index contributed by atoms with van der Waals surface area (Å²) in [6.45, 7) is 6.19. The smallest absolute Gasteiger partial charge is 0.178 e. The summed E-state index contributed by atoms with van der Waals surface area (Å²) in [5, 5.41) is 24.9. The van der Waals surface area contributed by atoms with Crippen LogP contribution in [0.1, 0.15) is 46.5 Å². The number of benzene rings is 1. The number of carbonyl (C=O) groups is 2. The number of Topliss-reactive ketones (excluding diaryl/α,β-unsaturated/α-hetero) is 1. The first-order valence-electron chi connectivity index (χ1n) is 13.4. The molecule has 6 rings (SSSR count). The van der Waals surface area contributed by atoms with Crippen molar-refractivity contribution in [2.45, 2.75) is 63.1 Å². The quantitative estimate of drug-likeness (QED) is 0.546. The number of aliphatic hydroxyl groups is 2. The number of nitrogens with zero attached hydrogens (tertiary/aromatic N) is 1. The Balaban J connectivity index is 1.29. The lowest BCUT2D eigenvalue weighted by molar-refractivity contribution is -0.179. The van der Waals surface area contributed by atoms with E-state index < -0.39 is 17.1 Å². The van der Waals surface area contributed by atoms with Crippen LogP contribution in [0.4, 0.5) is 0 Å². The lowest BCUT2D eigenvalue weighted by atomic mass is 9.46. The highest BCUT2D eigenvalue weighted by atomic mass is 32.2. The van der Waals surface area contributed by atoms with Crippen LogP contribution in [0.5, 0.6) is 0 Å². The molecule has 2 aromatic rings. The first kappa shape index (κ1) is 25.0. The second kappa shape index (κ2) is 8.62. The molecular weight excluding hydrogens is 482 g/mol. The number of rotatable bonds is 4. The Morgan fingerprint density at radius 3 is 2.81 bits per heavy atom. The van der Waals surface area contributed by atoms with E-state index in [1.54, 1.807) is 18.3 Å². The van der Waals surface area contributed by atoms with E-state index in [0.29, 0.717) is 6.42 Å². The lowest BCUT2D eigenvalue weighted by Gasteiger charge is -2.59. The van der Waals surface area contributed by atoms with Gasteiger partial charge in [-0.25, -0.2) is 0 Å². The number of carbonyl (C=O) groups excluding carboxylic acids is 2. The molecule has 0 aliphatic heterocycles. The van der Waals surface area contributed by atoms with Crippen LogP contribution in [-0.4, -0.2) is 44.2 Å². The van der Waals surface area contributed by atoms with Crippen LogP contribution in [0.3, 0.4) is 0 Å². The number of thioether (sulfide) groups is 1. The van der Waals surface area contributed by atoms with E-state index in [9.17, 15) is 19.8 Å². The van der Waals surface area contributed by atoms with Gasteiger partial charge >= 0.3 is 0 Å². The van der Waals surface area contributed by atoms with E-state index in [4.69, 9.17) is 0 Å². The molecule has 6 heteroatoms. The van der Waals surface area contributed by atoms with Gasteiger partial charge in [-0.3, -0.25) is 14.6 Å². The Hall–Kier alpha value is -2.28. The number of fused-ring (bicyclic) bond motifs is 6. The fourth-order valence-electron chi connectivity index (χ4n) is 8.70. The lowest BCUT2D eigenvalue weighted by Crippen LogP contribution is -2.62. The number of ketones is 2. The molecule has 1 heterocycles. The third kappa shape index (κ3) is 3.48. The van der Waals surface area contributed by atoms with Crippen LogP contribution in [-0.2, 0) is 9.59 Å². The predicted octanol–water partition coefficient (Wildman–Crippen LogP) is 5.15. The highest BCUT2D eigenvalue weighted by Crippen LogP contribution is 2.68. The molecule has 0 spiro atoms. The number of allylic oxidation sites excluding steroid dienone is 4. The van der Waals surface area contributed by atoms with Gasteiger partial charge in [0.1, 0.15) is 5.60 Å². The van der Waals surface area contributed by atoms with Crippen molar-refractivity contribution >= 4 is 34.2 Å². The van der Waals surface area contributed by atoms with Gasteiger partial charge in [-0.15, -0.1) is 11.8 Å². The van der Waals surface area contributed by atoms with Gasteiger partial charge in [0, 0.05) is 33.2 Å². The highest BCUT2D eigenvalue weighted by molar-refractivity contribution is 8.00. The Morgan fingerprint density at radius 2 is 2.00 bits per heavy atom. The number of para-hydroxylation sites is 1. The summed E-state index contributed by atoms with van der Waals surface area (Å²) in [5.41, 5.74) is -0.575. The van der Waals surface area contributed by atoms with Gasteiger partial charge < -0.3 is 10.2 Å². The molecule has 194 valence electrons. The van der Waals surface area contributed by atoms with Crippen LogP contribution >= 0.6 is 11.8 Å². The first-order chi connectivity index (χ1) is 17.6. The van der Waals surface area contributed by atoms with Crippen LogP contribution in [0.25, 0.3) is 10.9 Å². The van der Waals surface area contributed by atoms with Crippen LogP contribution in [0.2, 0.25) is 0 Å². The minimum atomic E-state index is -1.50. The van der Waals surface area contributed by atoms with E-state index in [0.717, 1.165) is 40.6 Å². The van der Waals surface area contributed by atoms with Gasteiger partial charge in [0.25, 0.3) is 0 Å². The van der Waals surface area contributed by atoms with Crippen molar-refractivity contribution in [2.75, 3.05) is 5.75 Å². The van der Waals surface area contributed by atoms with Crippen molar-refractivity contribution in [3.8, 4) is 0 Å². The topological polar surface area (TPSA) is 87.5 Å². The summed E-state index contributed by atoms with van der Waals surface area (Å²) >= 11 is 1.44. The maximum Gasteiger partial charge on any atom is 0.178 e. The average Bonchev–Trinajstić information content (AvgIpc) is 3.08. The molecule has 3 fully saturated rings. The zero-order valence-electron chi connectivity index (χ0n) is 21.7. The normalized spacial score (nSPS) is 40.6. The summed E-state index contributed by atoms with van der Waals surface area (Å²) in [7, 11) is 0. The molecule has 37 heavy (non-hydrogen) atoms. The number of pyridine rings is 1. The molecule has 4 aliphatic carbocycles. The van der Waals surface area contributed by atoms with Gasteiger partial charge in [-0.1, -0.05) is 50.6 Å². The summed E-state index contributed by atoms with van der Waals surface area (Å²) in [6.07, 6.45) is 9.34. The van der Waals surface area contributed by atoms with E-state index >= 15 is 0 Å². The van der Waals surface area contributed by atoms with E-state index in [1.807, 2.05) is 50.3 Å². The summed E-state index contributed by atoms with van der Waals surface area (Å²) < 4.78 is 0. The van der Waals surface area contributed by atoms with Crippen LogP contribution in [0.15, 0.2) is 65.2 Å². The van der Waals surface area contributed by atoms with E-state index in [1.165, 1.54) is 11.8 Å². The zero-order chi connectivity index (χ0) is 26.2. The average molecular weight is 518 g/mol. The summed E-state index contributed by atoms with van der Waals surface area (Å²) in [4.78, 5) is 31.4. The standard InChI is InChI=1S/C31H35NO4S/c1-18-14-23-22-10-9-20-15-21(33)11-12-29(20,2)27(22)24(34)16-30(23,3)31(18,36)26(35)17-37-25-8-4-6-19-7-5-13-32-28(19)25/h4-8,11-13,15,18,22-24,27,34,36H,9-10,14,16-17H2,1-3H3/t18-,22?,23?,24+,27?,29?,30?,31+/m1/s1. The highest BCUT2D eigenvalue weighted by Gasteiger charge is 2.70. The molecule has 2 N–H and O–H groups in total. The Morgan fingerprint density at radius 1 is 1.22 bits per heavy atom.